The minimum absolute atomic E-state index is 0.120. The van der Waals surface area contributed by atoms with Gasteiger partial charge in [0.25, 0.3) is 5.91 Å². The zero-order valence-electron chi connectivity index (χ0n) is 17.4. The van der Waals surface area contributed by atoms with Crippen molar-refractivity contribution in [1.82, 2.24) is 10.2 Å². The fraction of sp³-hybridized carbons (Fsp3) is 0.304. The monoisotopic (exact) mass is 436 g/mol. The van der Waals surface area contributed by atoms with Crippen molar-refractivity contribution >= 4 is 35.1 Å². The number of nitrogens with one attached hydrogen (secondary N) is 2. The Morgan fingerprint density at radius 1 is 1.12 bits per heavy atom. The standard InChI is InChI=1S/C23H21FN4O4/c1-12-8-13-2-3-15(24)10-19(13)28(12)23(32)25-16-4-5-17-14(9-16)11-27(22(17)31)18-6-7-20(29)26-21(18)30/h2-5,9-10,12,18H,6-8,11H2,1H3,(H,25,32)(H,26,29,30)/t12-,18?/m1/s1. The van der Waals surface area contributed by atoms with Gasteiger partial charge in [-0.2, -0.15) is 0 Å². The third-order valence-corrected chi connectivity index (χ3v) is 6.26. The Bertz CT molecular complexity index is 1180. The Balaban J connectivity index is 1.34. The van der Waals surface area contributed by atoms with E-state index >= 15 is 0 Å². The number of rotatable bonds is 2. The summed E-state index contributed by atoms with van der Waals surface area (Å²) >= 11 is 0. The van der Waals surface area contributed by atoms with E-state index in [-0.39, 0.29) is 43.3 Å². The summed E-state index contributed by atoms with van der Waals surface area (Å²) in [6.07, 6.45) is 1.12. The van der Waals surface area contributed by atoms with Crippen LogP contribution in [0.15, 0.2) is 36.4 Å². The molecule has 2 N–H and O–H groups in total. The summed E-state index contributed by atoms with van der Waals surface area (Å²) in [6, 6.07) is 8.22. The average Bonchev–Trinajstić information content (AvgIpc) is 3.23. The van der Waals surface area contributed by atoms with Crippen LogP contribution >= 0.6 is 0 Å². The molecular weight excluding hydrogens is 415 g/mol. The van der Waals surface area contributed by atoms with Crippen molar-refractivity contribution in [3.05, 3.63) is 58.9 Å². The van der Waals surface area contributed by atoms with Crippen LogP contribution in [0.25, 0.3) is 0 Å². The molecule has 1 unspecified atom stereocenters. The van der Waals surface area contributed by atoms with Crippen LogP contribution in [0.2, 0.25) is 0 Å². The molecule has 3 heterocycles. The molecule has 2 atom stereocenters. The van der Waals surface area contributed by atoms with Crippen LogP contribution in [0.4, 0.5) is 20.6 Å². The summed E-state index contributed by atoms with van der Waals surface area (Å²) in [5.74, 6) is -1.48. The second-order valence-corrected chi connectivity index (χ2v) is 8.40. The zero-order chi connectivity index (χ0) is 22.6. The van der Waals surface area contributed by atoms with E-state index in [9.17, 15) is 23.6 Å². The Hall–Kier alpha value is -3.75. The molecule has 3 aliphatic heterocycles. The Kier molecular flexibility index (Phi) is 4.69. The zero-order valence-corrected chi connectivity index (χ0v) is 17.4. The van der Waals surface area contributed by atoms with Crippen LogP contribution in [0, 0.1) is 5.82 Å². The predicted octanol–water partition coefficient (Wildman–Crippen LogP) is 2.57. The minimum atomic E-state index is -0.692. The van der Waals surface area contributed by atoms with E-state index in [2.05, 4.69) is 10.6 Å². The number of piperidine rings is 1. The molecule has 0 spiro atoms. The van der Waals surface area contributed by atoms with Gasteiger partial charge in [0, 0.05) is 30.3 Å². The summed E-state index contributed by atoms with van der Waals surface area (Å²) < 4.78 is 13.7. The number of benzene rings is 2. The van der Waals surface area contributed by atoms with Crippen molar-refractivity contribution in [2.75, 3.05) is 10.2 Å². The molecular formula is C23H21FN4O4. The van der Waals surface area contributed by atoms with Gasteiger partial charge in [-0.15, -0.1) is 0 Å². The van der Waals surface area contributed by atoms with Crippen LogP contribution in [0.3, 0.4) is 0 Å². The van der Waals surface area contributed by atoms with Gasteiger partial charge < -0.3 is 10.2 Å². The van der Waals surface area contributed by atoms with Gasteiger partial charge in [0.05, 0.1) is 5.69 Å². The predicted molar refractivity (Wildman–Crippen MR) is 114 cm³/mol. The maximum absolute atomic E-state index is 13.7. The van der Waals surface area contributed by atoms with E-state index in [4.69, 9.17) is 0 Å². The first-order valence-electron chi connectivity index (χ1n) is 10.5. The van der Waals surface area contributed by atoms with Gasteiger partial charge in [0.1, 0.15) is 11.9 Å². The molecule has 2 aromatic rings. The molecule has 1 fully saturated rings. The van der Waals surface area contributed by atoms with Crippen LogP contribution < -0.4 is 15.5 Å². The lowest BCUT2D eigenvalue weighted by molar-refractivity contribution is -0.136. The van der Waals surface area contributed by atoms with Gasteiger partial charge in [0.2, 0.25) is 11.8 Å². The molecule has 0 saturated carbocycles. The molecule has 32 heavy (non-hydrogen) atoms. The number of anilines is 2. The van der Waals surface area contributed by atoms with E-state index in [0.717, 1.165) is 5.56 Å². The van der Waals surface area contributed by atoms with Gasteiger partial charge >= 0.3 is 6.03 Å². The van der Waals surface area contributed by atoms with Crippen molar-refractivity contribution in [2.24, 2.45) is 0 Å². The number of carbonyl (C=O) groups is 4. The number of hydrogen-bond acceptors (Lipinski definition) is 4. The van der Waals surface area contributed by atoms with Gasteiger partial charge in [-0.3, -0.25) is 24.6 Å². The van der Waals surface area contributed by atoms with Crippen molar-refractivity contribution in [3.63, 3.8) is 0 Å². The number of carbonyl (C=O) groups excluding carboxylic acids is 4. The van der Waals surface area contributed by atoms with Gasteiger partial charge in [-0.1, -0.05) is 6.07 Å². The molecule has 5 amide bonds. The van der Waals surface area contributed by atoms with E-state index in [0.29, 0.717) is 28.9 Å². The molecule has 9 heteroatoms. The maximum Gasteiger partial charge on any atom is 0.326 e. The van der Waals surface area contributed by atoms with E-state index in [1.807, 2.05) is 6.92 Å². The van der Waals surface area contributed by atoms with Crippen LogP contribution in [0.5, 0.6) is 0 Å². The van der Waals surface area contributed by atoms with E-state index < -0.39 is 17.8 Å². The molecule has 8 nitrogen and oxygen atoms in total. The van der Waals surface area contributed by atoms with Crippen LogP contribution in [-0.2, 0) is 22.6 Å². The van der Waals surface area contributed by atoms with E-state index in [1.165, 1.54) is 21.9 Å². The largest absolute Gasteiger partial charge is 0.326 e. The number of hydrogen-bond donors (Lipinski definition) is 2. The topological polar surface area (TPSA) is 98.8 Å². The highest BCUT2D eigenvalue weighted by Crippen LogP contribution is 2.34. The molecule has 3 aliphatic rings. The summed E-state index contributed by atoms with van der Waals surface area (Å²) in [6.45, 7) is 2.12. The molecule has 0 aromatic heterocycles. The van der Waals surface area contributed by atoms with Gasteiger partial charge in [0.15, 0.2) is 0 Å². The lowest BCUT2D eigenvalue weighted by Crippen LogP contribution is -2.52. The highest BCUT2D eigenvalue weighted by Gasteiger charge is 2.39. The summed E-state index contributed by atoms with van der Waals surface area (Å²) in [5.41, 5.74) is 3.13. The van der Waals surface area contributed by atoms with Crippen molar-refractivity contribution < 1.29 is 23.6 Å². The number of nitrogens with zero attached hydrogens (tertiary/aromatic N) is 2. The molecule has 164 valence electrons. The third-order valence-electron chi connectivity index (χ3n) is 6.26. The van der Waals surface area contributed by atoms with Gasteiger partial charge in [-0.25, -0.2) is 9.18 Å². The molecule has 0 aliphatic carbocycles. The lowest BCUT2D eigenvalue weighted by atomic mass is 10.0. The number of amides is 5. The summed E-state index contributed by atoms with van der Waals surface area (Å²) in [7, 11) is 0. The summed E-state index contributed by atoms with van der Waals surface area (Å²) in [4.78, 5) is 52.4. The minimum Gasteiger partial charge on any atom is -0.322 e. The normalized spacial score (nSPS) is 22.0. The molecule has 0 radical (unpaired) electrons. The second kappa shape index (κ2) is 7.44. The fourth-order valence-electron chi connectivity index (χ4n) is 4.73. The van der Waals surface area contributed by atoms with Gasteiger partial charge in [-0.05, 0) is 61.2 Å². The van der Waals surface area contributed by atoms with Crippen LogP contribution in [0.1, 0.15) is 41.3 Å². The molecule has 2 aromatic carbocycles. The Morgan fingerprint density at radius 2 is 1.94 bits per heavy atom. The molecule has 5 rings (SSSR count). The molecule has 0 bridgehead atoms. The van der Waals surface area contributed by atoms with Crippen molar-refractivity contribution in [2.45, 2.75) is 44.8 Å². The van der Waals surface area contributed by atoms with Crippen LogP contribution in [-0.4, -0.2) is 40.7 Å². The first-order chi connectivity index (χ1) is 15.3. The van der Waals surface area contributed by atoms with Crippen molar-refractivity contribution in [1.29, 1.82) is 0 Å². The summed E-state index contributed by atoms with van der Waals surface area (Å²) in [5, 5.41) is 5.12. The lowest BCUT2D eigenvalue weighted by Gasteiger charge is -2.29. The number of halogens is 1. The second-order valence-electron chi connectivity index (χ2n) is 8.40. The molecule has 1 saturated heterocycles. The highest BCUT2D eigenvalue weighted by atomic mass is 19.1. The van der Waals surface area contributed by atoms with Crippen molar-refractivity contribution in [3.8, 4) is 0 Å². The Morgan fingerprint density at radius 3 is 2.72 bits per heavy atom. The first kappa shape index (κ1) is 20.2. The maximum atomic E-state index is 13.7. The quantitative estimate of drug-likeness (QED) is 0.707. The third kappa shape index (κ3) is 3.30. The van der Waals surface area contributed by atoms with E-state index in [1.54, 1.807) is 24.3 Å². The average molecular weight is 436 g/mol. The number of fused-ring (bicyclic) bond motifs is 2. The fourth-order valence-corrected chi connectivity index (χ4v) is 4.73. The number of imide groups is 1. The highest BCUT2D eigenvalue weighted by molar-refractivity contribution is 6.07. The SMILES string of the molecule is C[C@@H]1Cc2ccc(F)cc2N1C(=O)Nc1ccc2c(c1)CN(C1CCC(=O)NC1=O)C2=O. The first-order valence-corrected chi connectivity index (χ1v) is 10.5. The smallest absolute Gasteiger partial charge is 0.322 e. The Labute approximate surface area is 183 Å². The number of urea groups is 1.